The second-order valence-electron chi connectivity index (χ2n) is 4.06. The standard InChI is InChI=1S/C12H9F5N2O3/c1-6(5-19-10(21)22)11(13,14)9(20)7-3-2-4-18-8(7)12(15,16)17/h2-4,19H,1,5H2,(H,21,22). The molecule has 1 rings (SSSR count). The average molecular weight is 324 g/mol. The maximum absolute atomic E-state index is 13.8. The molecule has 0 aromatic carbocycles. The van der Waals surface area contributed by atoms with Crippen LogP contribution in [0.1, 0.15) is 16.1 Å². The number of carbonyl (C=O) groups excluding carboxylic acids is 1. The Kier molecular flexibility index (Phi) is 4.84. The van der Waals surface area contributed by atoms with Crippen LogP contribution in [-0.2, 0) is 6.18 Å². The number of carboxylic acid groups (broad SMARTS) is 1. The molecular formula is C12H9F5N2O3. The van der Waals surface area contributed by atoms with Crippen molar-refractivity contribution < 1.29 is 36.6 Å². The minimum Gasteiger partial charge on any atom is -0.465 e. The van der Waals surface area contributed by atoms with Crippen molar-refractivity contribution in [2.24, 2.45) is 0 Å². The molecule has 120 valence electrons. The number of amides is 1. The van der Waals surface area contributed by atoms with E-state index in [1.54, 1.807) is 5.32 Å². The summed E-state index contributed by atoms with van der Waals surface area (Å²) in [4.78, 5) is 24.8. The molecule has 22 heavy (non-hydrogen) atoms. The molecule has 0 saturated heterocycles. The van der Waals surface area contributed by atoms with E-state index in [2.05, 4.69) is 11.6 Å². The zero-order valence-electron chi connectivity index (χ0n) is 10.7. The van der Waals surface area contributed by atoms with Gasteiger partial charge in [0.1, 0.15) is 0 Å². The normalized spacial score (nSPS) is 11.9. The van der Waals surface area contributed by atoms with E-state index in [-0.39, 0.29) is 0 Å². The largest absolute Gasteiger partial charge is 0.465 e. The van der Waals surface area contributed by atoms with Gasteiger partial charge in [0.15, 0.2) is 5.69 Å². The fourth-order valence-corrected chi connectivity index (χ4v) is 1.44. The van der Waals surface area contributed by atoms with Gasteiger partial charge in [-0.25, -0.2) is 4.79 Å². The molecule has 2 N–H and O–H groups in total. The van der Waals surface area contributed by atoms with Crippen LogP contribution in [0.4, 0.5) is 26.7 Å². The lowest BCUT2D eigenvalue weighted by Gasteiger charge is -2.19. The summed E-state index contributed by atoms with van der Waals surface area (Å²) in [5.74, 6) is -6.55. The number of aromatic nitrogens is 1. The lowest BCUT2D eigenvalue weighted by molar-refractivity contribution is -0.141. The summed E-state index contributed by atoms with van der Waals surface area (Å²) < 4.78 is 65.7. The van der Waals surface area contributed by atoms with Gasteiger partial charge in [-0.2, -0.15) is 22.0 Å². The van der Waals surface area contributed by atoms with Gasteiger partial charge < -0.3 is 10.4 Å². The molecule has 0 saturated carbocycles. The first-order valence-electron chi connectivity index (χ1n) is 5.57. The van der Waals surface area contributed by atoms with E-state index < -0.39 is 47.4 Å². The van der Waals surface area contributed by atoms with Gasteiger partial charge >= 0.3 is 18.2 Å². The quantitative estimate of drug-likeness (QED) is 0.496. The number of Topliss-reactive ketones (excluding diaryl/α,β-unsaturated/α-hetero) is 1. The second-order valence-corrected chi connectivity index (χ2v) is 4.06. The third-order valence-corrected chi connectivity index (χ3v) is 2.50. The number of hydrogen-bond acceptors (Lipinski definition) is 3. The van der Waals surface area contributed by atoms with Crippen LogP contribution in [0.5, 0.6) is 0 Å². The summed E-state index contributed by atoms with van der Waals surface area (Å²) in [7, 11) is 0. The average Bonchev–Trinajstić information content (AvgIpc) is 2.42. The van der Waals surface area contributed by atoms with Crippen LogP contribution in [0.2, 0.25) is 0 Å². The zero-order chi connectivity index (χ0) is 17.1. The van der Waals surface area contributed by atoms with E-state index in [9.17, 15) is 31.5 Å². The van der Waals surface area contributed by atoms with E-state index in [1.165, 1.54) is 0 Å². The summed E-state index contributed by atoms with van der Waals surface area (Å²) in [6.45, 7) is 1.85. The molecule has 0 aliphatic heterocycles. The van der Waals surface area contributed by atoms with Crippen LogP contribution in [0.3, 0.4) is 0 Å². The number of hydrogen-bond donors (Lipinski definition) is 2. The van der Waals surface area contributed by atoms with Gasteiger partial charge in [-0.05, 0) is 12.1 Å². The molecular weight excluding hydrogens is 315 g/mol. The summed E-state index contributed by atoms with van der Waals surface area (Å²) in [5, 5.41) is 9.84. The molecule has 5 nitrogen and oxygen atoms in total. The van der Waals surface area contributed by atoms with Gasteiger partial charge in [-0.15, -0.1) is 0 Å². The first-order chi connectivity index (χ1) is 9.98. The highest BCUT2D eigenvalue weighted by Gasteiger charge is 2.46. The Morgan fingerprint density at radius 3 is 2.36 bits per heavy atom. The van der Waals surface area contributed by atoms with Crippen LogP contribution in [0.15, 0.2) is 30.5 Å². The lowest BCUT2D eigenvalue weighted by Crippen LogP contribution is -2.37. The number of carbonyl (C=O) groups is 2. The van der Waals surface area contributed by atoms with Crippen molar-refractivity contribution in [2.75, 3.05) is 6.54 Å². The molecule has 0 bridgehead atoms. The molecule has 0 unspecified atom stereocenters. The van der Waals surface area contributed by atoms with E-state index in [0.717, 1.165) is 6.07 Å². The second kappa shape index (κ2) is 6.08. The van der Waals surface area contributed by atoms with Crippen LogP contribution in [0.25, 0.3) is 0 Å². The first kappa shape index (κ1) is 17.5. The smallest absolute Gasteiger partial charge is 0.434 e. The summed E-state index contributed by atoms with van der Waals surface area (Å²) in [6, 6.07) is 1.46. The van der Waals surface area contributed by atoms with E-state index >= 15 is 0 Å². The topological polar surface area (TPSA) is 79.3 Å². The minimum atomic E-state index is -5.09. The number of halogens is 5. The molecule has 1 aromatic heterocycles. The van der Waals surface area contributed by atoms with Gasteiger partial charge in [0.2, 0.25) is 5.78 Å². The highest BCUT2D eigenvalue weighted by Crippen LogP contribution is 2.34. The number of nitrogens with zero attached hydrogens (tertiary/aromatic N) is 1. The van der Waals surface area contributed by atoms with Crippen molar-refractivity contribution in [1.82, 2.24) is 10.3 Å². The number of alkyl halides is 5. The third-order valence-electron chi connectivity index (χ3n) is 2.50. The molecule has 0 fully saturated rings. The molecule has 0 radical (unpaired) electrons. The van der Waals surface area contributed by atoms with E-state index in [1.807, 2.05) is 0 Å². The fraction of sp³-hybridized carbons (Fsp3) is 0.250. The molecule has 0 aliphatic rings. The Morgan fingerprint density at radius 2 is 1.86 bits per heavy atom. The Balaban J connectivity index is 3.15. The predicted molar refractivity (Wildman–Crippen MR) is 63.7 cm³/mol. The number of pyridine rings is 1. The monoisotopic (exact) mass is 324 g/mol. The minimum absolute atomic E-state index is 0.559. The Labute approximate surface area is 120 Å². The lowest BCUT2D eigenvalue weighted by atomic mass is 9.98. The molecule has 0 aliphatic carbocycles. The molecule has 1 heterocycles. The van der Waals surface area contributed by atoms with Crippen LogP contribution < -0.4 is 5.32 Å². The van der Waals surface area contributed by atoms with Gasteiger partial charge in [-0.3, -0.25) is 9.78 Å². The predicted octanol–water partition coefficient (Wildman–Crippen LogP) is 2.74. The highest BCUT2D eigenvalue weighted by atomic mass is 19.4. The third kappa shape index (κ3) is 3.77. The summed E-state index contributed by atoms with van der Waals surface area (Å²) >= 11 is 0. The molecule has 10 heteroatoms. The molecule has 0 atom stereocenters. The number of rotatable bonds is 5. The Hall–Kier alpha value is -2.52. The fourth-order valence-electron chi connectivity index (χ4n) is 1.44. The Morgan fingerprint density at radius 1 is 1.27 bits per heavy atom. The summed E-state index contributed by atoms with van der Waals surface area (Å²) in [6.07, 6.45) is -6.04. The van der Waals surface area contributed by atoms with E-state index in [0.29, 0.717) is 12.3 Å². The maximum atomic E-state index is 13.8. The van der Waals surface area contributed by atoms with Crippen molar-refractivity contribution >= 4 is 11.9 Å². The highest BCUT2D eigenvalue weighted by molar-refractivity contribution is 6.04. The van der Waals surface area contributed by atoms with Crippen molar-refractivity contribution in [2.45, 2.75) is 12.1 Å². The zero-order valence-corrected chi connectivity index (χ0v) is 10.7. The van der Waals surface area contributed by atoms with Crippen molar-refractivity contribution in [3.05, 3.63) is 41.7 Å². The summed E-state index contributed by atoms with van der Waals surface area (Å²) in [5.41, 5.74) is -4.26. The van der Waals surface area contributed by atoms with Gasteiger partial charge in [-0.1, -0.05) is 6.58 Å². The molecule has 1 amide bonds. The van der Waals surface area contributed by atoms with Crippen LogP contribution >= 0.6 is 0 Å². The van der Waals surface area contributed by atoms with Crippen LogP contribution in [0, 0.1) is 0 Å². The van der Waals surface area contributed by atoms with Crippen LogP contribution in [-0.4, -0.2) is 34.4 Å². The Bertz CT molecular complexity index is 613. The molecule has 0 spiro atoms. The first-order valence-corrected chi connectivity index (χ1v) is 5.57. The SMILES string of the molecule is C=C(CNC(=O)O)C(F)(F)C(=O)c1cccnc1C(F)(F)F. The molecule has 1 aromatic rings. The van der Waals surface area contributed by atoms with Crippen molar-refractivity contribution in [1.29, 1.82) is 0 Å². The van der Waals surface area contributed by atoms with Crippen molar-refractivity contribution in [3.63, 3.8) is 0 Å². The van der Waals surface area contributed by atoms with E-state index in [4.69, 9.17) is 5.11 Å². The maximum Gasteiger partial charge on any atom is 0.434 e. The van der Waals surface area contributed by atoms with Gasteiger partial charge in [0, 0.05) is 18.3 Å². The van der Waals surface area contributed by atoms with Crippen molar-refractivity contribution in [3.8, 4) is 0 Å². The number of ketones is 1. The van der Waals surface area contributed by atoms with Gasteiger partial charge in [0.25, 0.3) is 0 Å². The van der Waals surface area contributed by atoms with Gasteiger partial charge in [0.05, 0.1) is 5.56 Å². The number of nitrogens with one attached hydrogen (secondary N) is 1.